The monoisotopic (exact) mass is 318 g/mol. The first kappa shape index (κ1) is 16.2. The van der Waals surface area contributed by atoms with E-state index < -0.39 is 6.04 Å². The minimum absolute atomic E-state index is 0.166. The van der Waals surface area contributed by atoms with Crippen molar-refractivity contribution in [2.45, 2.75) is 12.5 Å². The molecule has 6 heteroatoms. The Bertz CT molecular complexity index is 599. The van der Waals surface area contributed by atoms with Gasteiger partial charge in [0.2, 0.25) is 5.91 Å². The van der Waals surface area contributed by atoms with Crippen molar-refractivity contribution in [2.24, 2.45) is 0 Å². The topological polar surface area (TPSA) is 78.4 Å². The molecule has 1 aromatic heterocycles. The average molecular weight is 318 g/mol. The Hall–Kier alpha value is -2.18. The molecule has 0 aliphatic rings. The highest BCUT2D eigenvalue weighted by Crippen LogP contribution is 2.11. The fraction of sp³-hybridized carbons (Fsp3) is 0.250. The number of nitrogens with one attached hydrogen (secondary N) is 2. The molecule has 0 spiro atoms. The van der Waals surface area contributed by atoms with Crippen molar-refractivity contribution in [3.05, 3.63) is 58.3 Å². The van der Waals surface area contributed by atoms with E-state index in [0.717, 1.165) is 5.56 Å². The van der Waals surface area contributed by atoms with Gasteiger partial charge in [0.1, 0.15) is 0 Å². The molecule has 0 aliphatic carbocycles. The van der Waals surface area contributed by atoms with Crippen LogP contribution < -0.4 is 10.6 Å². The van der Waals surface area contributed by atoms with E-state index in [0.29, 0.717) is 5.56 Å². The Labute approximate surface area is 133 Å². The summed E-state index contributed by atoms with van der Waals surface area (Å²) < 4.78 is 0. The lowest BCUT2D eigenvalue weighted by molar-refractivity contribution is -0.122. The molecule has 0 bridgehead atoms. The summed E-state index contributed by atoms with van der Waals surface area (Å²) in [4.78, 5) is 23.6. The first-order valence-electron chi connectivity index (χ1n) is 6.96. The molecule has 0 saturated carbocycles. The summed E-state index contributed by atoms with van der Waals surface area (Å²) in [6.07, 6.45) is 0.166. The molecule has 1 unspecified atom stereocenters. The van der Waals surface area contributed by atoms with Gasteiger partial charge in [-0.1, -0.05) is 30.3 Å². The largest absolute Gasteiger partial charge is 0.394 e. The zero-order chi connectivity index (χ0) is 15.8. The van der Waals surface area contributed by atoms with E-state index in [4.69, 9.17) is 0 Å². The van der Waals surface area contributed by atoms with E-state index in [2.05, 4.69) is 10.6 Å². The van der Waals surface area contributed by atoms with E-state index in [9.17, 15) is 14.7 Å². The molecular formula is C16H18N2O3S. The summed E-state index contributed by atoms with van der Waals surface area (Å²) in [7, 11) is 0. The second kappa shape index (κ2) is 8.31. The molecule has 0 fully saturated rings. The quantitative estimate of drug-likeness (QED) is 0.727. The lowest BCUT2D eigenvalue weighted by Gasteiger charge is -2.16. The minimum Gasteiger partial charge on any atom is -0.394 e. The molecule has 1 aromatic carbocycles. The summed E-state index contributed by atoms with van der Waals surface area (Å²) in [6, 6.07) is 10.6. The summed E-state index contributed by atoms with van der Waals surface area (Å²) >= 11 is 1.45. The molecule has 0 aliphatic heterocycles. The predicted octanol–water partition coefficient (Wildman–Crippen LogP) is 1.72. The van der Waals surface area contributed by atoms with Crippen molar-refractivity contribution < 1.29 is 14.7 Å². The van der Waals surface area contributed by atoms with Crippen LogP contribution in [0.5, 0.6) is 0 Å². The number of rotatable bonds is 7. The van der Waals surface area contributed by atoms with E-state index in [1.54, 1.807) is 11.4 Å². The first-order valence-corrected chi connectivity index (χ1v) is 7.90. The highest BCUT2D eigenvalue weighted by atomic mass is 32.1. The predicted molar refractivity (Wildman–Crippen MR) is 85.7 cm³/mol. The maximum absolute atomic E-state index is 11.9. The summed E-state index contributed by atoms with van der Waals surface area (Å²) in [5.41, 5.74) is 1.45. The zero-order valence-corrected chi connectivity index (χ0v) is 12.8. The molecule has 2 amide bonds. The number of amides is 2. The Kier molecular flexibility index (Phi) is 6.12. The highest BCUT2D eigenvalue weighted by Gasteiger charge is 2.13. The van der Waals surface area contributed by atoms with Gasteiger partial charge in [-0.05, 0) is 17.0 Å². The van der Waals surface area contributed by atoms with Crippen LogP contribution in [-0.2, 0) is 4.79 Å². The summed E-state index contributed by atoms with van der Waals surface area (Å²) in [6.45, 7) is 0.0878. The highest BCUT2D eigenvalue weighted by molar-refractivity contribution is 7.08. The van der Waals surface area contributed by atoms with Crippen LogP contribution >= 0.6 is 11.3 Å². The third kappa shape index (κ3) is 4.68. The number of hydrogen-bond acceptors (Lipinski definition) is 4. The molecule has 3 N–H and O–H groups in total. The van der Waals surface area contributed by atoms with Crippen LogP contribution in [0.4, 0.5) is 0 Å². The van der Waals surface area contributed by atoms with Gasteiger partial charge < -0.3 is 15.7 Å². The number of thiophene rings is 1. The molecule has 2 rings (SSSR count). The first-order chi connectivity index (χ1) is 10.7. The maximum atomic E-state index is 11.9. The van der Waals surface area contributed by atoms with E-state index in [-0.39, 0.29) is 31.4 Å². The second-order valence-electron chi connectivity index (χ2n) is 4.73. The van der Waals surface area contributed by atoms with Crippen LogP contribution in [0.1, 0.15) is 28.4 Å². The van der Waals surface area contributed by atoms with E-state index in [1.165, 1.54) is 11.3 Å². The number of aliphatic hydroxyl groups is 1. The van der Waals surface area contributed by atoms with Gasteiger partial charge in [0.25, 0.3) is 5.91 Å². The van der Waals surface area contributed by atoms with Gasteiger partial charge in [-0.3, -0.25) is 9.59 Å². The van der Waals surface area contributed by atoms with Crippen molar-refractivity contribution in [1.29, 1.82) is 0 Å². The van der Waals surface area contributed by atoms with Gasteiger partial charge in [0.05, 0.1) is 12.6 Å². The molecule has 116 valence electrons. The Balaban J connectivity index is 1.76. The number of benzene rings is 1. The Morgan fingerprint density at radius 3 is 2.59 bits per heavy atom. The van der Waals surface area contributed by atoms with Crippen molar-refractivity contribution >= 4 is 23.2 Å². The van der Waals surface area contributed by atoms with Gasteiger partial charge in [-0.15, -0.1) is 0 Å². The molecule has 1 atom stereocenters. The fourth-order valence-electron chi connectivity index (χ4n) is 1.97. The zero-order valence-electron chi connectivity index (χ0n) is 12.0. The smallest absolute Gasteiger partial charge is 0.252 e. The summed E-state index contributed by atoms with van der Waals surface area (Å²) in [5.74, 6) is -0.399. The van der Waals surface area contributed by atoms with Gasteiger partial charge in [0, 0.05) is 23.9 Å². The number of hydrogen-bond donors (Lipinski definition) is 3. The van der Waals surface area contributed by atoms with Gasteiger partial charge in [-0.2, -0.15) is 11.3 Å². The van der Waals surface area contributed by atoms with Crippen molar-refractivity contribution in [2.75, 3.05) is 13.2 Å². The van der Waals surface area contributed by atoms with E-state index in [1.807, 2.05) is 35.7 Å². The molecule has 0 saturated heterocycles. The van der Waals surface area contributed by atoms with Crippen LogP contribution in [0, 0.1) is 0 Å². The standard InChI is InChI=1S/C16H18N2O3S/c19-10-14(12-4-2-1-3-5-12)18-15(20)6-8-17-16(21)13-7-9-22-11-13/h1-5,7,9,11,14,19H,6,8,10H2,(H,17,21)(H,18,20). The van der Waals surface area contributed by atoms with Crippen molar-refractivity contribution in [3.63, 3.8) is 0 Å². The van der Waals surface area contributed by atoms with E-state index >= 15 is 0 Å². The van der Waals surface area contributed by atoms with Crippen molar-refractivity contribution in [1.82, 2.24) is 10.6 Å². The van der Waals surface area contributed by atoms with Crippen molar-refractivity contribution in [3.8, 4) is 0 Å². The molecule has 0 radical (unpaired) electrons. The Morgan fingerprint density at radius 2 is 1.95 bits per heavy atom. The van der Waals surface area contributed by atoms with Crippen LogP contribution in [0.15, 0.2) is 47.2 Å². The number of carbonyl (C=O) groups excluding carboxylic acids is 2. The van der Waals surface area contributed by atoms with Gasteiger partial charge >= 0.3 is 0 Å². The van der Waals surface area contributed by atoms with Crippen LogP contribution in [0.2, 0.25) is 0 Å². The average Bonchev–Trinajstić information content (AvgIpc) is 3.08. The third-order valence-electron chi connectivity index (χ3n) is 3.14. The normalized spacial score (nSPS) is 11.7. The third-order valence-corrected chi connectivity index (χ3v) is 3.82. The molecule has 1 heterocycles. The van der Waals surface area contributed by atoms with Crippen LogP contribution in [0.25, 0.3) is 0 Å². The number of aliphatic hydroxyl groups excluding tert-OH is 1. The van der Waals surface area contributed by atoms with Gasteiger partial charge in [-0.25, -0.2) is 0 Å². The minimum atomic E-state index is -0.429. The molecular weight excluding hydrogens is 300 g/mol. The maximum Gasteiger partial charge on any atom is 0.252 e. The van der Waals surface area contributed by atoms with Gasteiger partial charge in [0.15, 0.2) is 0 Å². The fourth-order valence-corrected chi connectivity index (χ4v) is 2.61. The SMILES string of the molecule is O=C(CCNC(=O)c1ccsc1)NC(CO)c1ccccc1. The second-order valence-corrected chi connectivity index (χ2v) is 5.51. The molecule has 22 heavy (non-hydrogen) atoms. The van der Waals surface area contributed by atoms with Crippen LogP contribution in [-0.4, -0.2) is 30.1 Å². The number of carbonyl (C=O) groups is 2. The van der Waals surface area contributed by atoms with Crippen LogP contribution in [0.3, 0.4) is 0 Å². The molecule has 5 nitrogen and oxygen atoms in total. The molecule has 2 aromatic rings. The Morgan fingerprint density at radius 1 is 1.18 bits per heavy atom. The lowest BCUT2D eigenvalue weighted by Crippen LogP contribution is -2.34. The summed E-state index contributed by atoms with van der Waals surface area (Å²) in [5, 5.41) is 18.4. The lowest BCUT2D eigenvalue weighted by atomic mass is 10.1.